The molecule has 0 aliphatic heterocycles. The molecule has 96 valence electrons. The highest BCUT2D eigenvalue weighted by Gasteiger charge is 2.16. The summed E-state index contributed by atoms with van der Waals surface area (Å²) in [6.07, 6.45) is 2.86. The first-order valence-electron chi connectivity index (χ1n) is 5.63. The molecule has 0 radical (unpaired) electrons. The highest BCUT2D eigenvalue weighted by atomic mass is 32.2. The predicted molar refractivity (Wildman–Crippen MR) is 69.9 cm³/mol. The third kappa shape index (κ3) is 2.70. The molecular weight excluding hydrogens is 250 g/mol. The topological polar surface area (TPSA) is 64.0 Å². The lowest BCUT2D eigenvalue weighted by Crippen LogP contribution is -2.12. The quantitative estimate of drug-likeness (QED) is 0.919. The van der Waals surface area contributed by atoms with Crippen LogP contribution in [0.2, 0.25) is 0 Å². The van der Waals surface area contributed by atoms with E-state index < -0.39 is 10.0 Å². The minimum Gasteiger partial charge on any atom is -0.280 e. The minimum absolute atomic E-state index is 0.172. The summed E-state index contributed by atoms with van der Waals surface area (Å²) in [6.45, 7) is 4.45. The van der Waals surface area contributed by atoms with Crippen molar-refractivity contribution in [1.29, 1.82) is 0 Å². The van der Waals surface area contributed by atoms with Gasteiger partial charge in [0.15, 0.2) is 0 Å². The Labute approximate surface area is 107 Å². The van der Waals surface area contributed by atoms with Crippen molar-refractivity contribution in [2.24, 2.45) is 0 Å². The molecule has 1 aromatic carbocycles. The van der Waals surface area contributed by atoms with Crippen molar-refractivity contribution < 1.29 is 8.42 Å². The number of nitrogens with one attached hydrogen (secondary N) is 1. The molecule has 0 aliphatic rings. The largest absolute Gasteiger partial charge is 0.280 e. The van der Waals surface area contributed by atoms with Crippen LogP contribution in [0.5, 0.6) is 0 Å². The zero-order valence-electron chi connectivity index (χ0n) is 10.3. The number of hydrogen-bond donors (Lipinski definition) is 1. The number of rotatable bonds is 4. The Morgan fingerprint density at radius 2 is 2.17 bits per heavy atom. The Hall–Kier alpha value is -1.82. The lowest BCUT2D eigenvalue weighted by molar-refractivity contribution is 0.600. The highest BCUT2D eigenvalue weighted by Crippen LogP contribution is 2.16. The van der Waals surface area contributed by atoms with Crippen molar-refractivity contribution in [2.75, 3.05) is 4.72 Å². The smallest absolute Gasteiger partial charge is 0.265 e. The summed E-state index contributed by atoms with van der Waals surface area (Å²) in [5.41, 5.74) is 1.55. The van der Waals surface area contributed by atoms with Crippen LogP contribution in [0.15, 0.2) is 41.6 Å². The van der Waals surface area contributed by atoms with Gasteiger partial charge in [-0.05, 0) is 31.5 Å². The second-order valence-electron chi connectivity index (χ2n) is 4.01. The molecule has 0 fully saturated rings. The van der Waals surface area contributed by atoms with Crippen LogP contribution in [0.4, 0.5) is 5.69 Å². The monoisotopic (exact) mass is 265 g/mol. The average Bonchev–Trinajstić information content (AvgIpc) is 2.77. The molecule has 1 N–H and O–H groups in total. The number of aryl methyl sites for hydroxylation is 2. The molecule has 0 aliphatic carbocycles. The van der Waals surface area contributed by atoms with Gasteiger partial charge in [-0.15, -0.1) is 0 Å². The summed E-state index contributed by atoms with van der Waals surface area (Å²) in [6, 6.07) is 7.21. The van der Waals surface area contributed by atoms with Crippen LogP contribution in [0.3, 0.4) is 0 Å². The zero-order chi connectivity index (χ0) is 13.2. The summed E-state index contributed by atoms with van der Waals surface area (Å²) >= 11 is 0. The van der Waals surface area contributed by atoms with E-state index in [0.717, 1.165) is 5.56 Å². The lowest BCUT2D eigenvalue weighted by atomic mass is 10.2. The molecule has 1 heterocycles. The lowest BCUT2D eigenvalue weighted by Gasteiger charge is -2.06. The summed E-state index contributed by atoms with van der Waals surface area (Å²) < 4.78 is 28.3. The number of hydrogen-bond acceptors (Lipinski definition) is 3. The third-order valence-electron chi connectivity index (χ3n) is 2.51. The van der Waals surface area contributed by atoms with Crippen LogP contribution in [-0.4, -0.2) is 18.2 Å². The molecule has 18 heavy (non-hydrogen) atoms. The van der Waals surface area contributed by atoms with Gasteiger partial charge < -0.3 is 0 Å². The van der Waals surface area contributed by atoms with E-state index in [9.17, 15) is 8.42 Å². The van der Waals surface area contributed by atoms with Gasteiger partial charge in [0.1, 0.15) is 4.90 Å². The van der Waals surface area contributed by atoms with Gasteiger partial charge in [0.2, 0.25) is 0 Å². The van der Waals surface area contributed by atoms with Gasteiger partial charge in [-0.1, -0.05) is 12.1 Å². The Morgan fingerprint density at radius 3 is 2.78 bits per heavy atom. The number of anilines is 1. The van der Waals surface area contributed by atoms with E-state index in [4.69, 9.17) is 0 Å². The maximum absolute atomic E-state index is 12.1. The first-order valence-corrected chi connectivity index (χ1v) is 7.11. The Bertz CT molecular complexity index is 647. The van der Waals surface area contributed by atoms with Crippen LogP contribution in [0, 0.1) is 6.92 Å². The molecule has 6 heteroatoms. The first-order chi connectivity index (χ1) is 8.51. The van der Waals surface area contributed by atoms with Gasteiger partial charge in [0, 0.05) is 18.4 Å². The van der Waals surface area contributed by atoms with E-state index in [0.29, 0.717) is 12.2 Å². The summed E-state index contributed by atoms with van der Waals surface area (Å²) in [5, 5.41) is 3.96. The van der Waals surface area contributed by atoms with Crippen LogP contribution < -0.4 is 4.72 Å². The number of aromatic nitrogens is 2. The molecule has 5 nitrogen and oxygen atoms in total. The van der Waals surface area contributed by atoms with E-state index in [1.165, 1.54) is 12.4 Å². The predicted octanol–water partition coefficient (Wildman–Crippen LogP) is 2.01. The average molecular weight is 265 g/mol. The summed E-state index contributed by atoms with van der Waals surface area (Å²) in [7, 11) is -3.55. The summed E-state index contributed by atoms with van der Waals surface area (Å²) in [4.78, 5) is 0.172. The Balaban J connectivity index is 2.27. The van der Waals surface area contributed by atoms with Crippen LogP contribution in [0.1, 0.15) is 12.5 Å². The van der Waals surface area contributed by atoms with E-state index >= 15 is 0 Å². The fraction of sp³-hybridized carbons (Fsp3) is 0.250. The van der Waals surface area contributed by atoms with Crippen molar-refractivity contribution in [3.8, 4) is 0 Å². The molecule has 0 unspecified atom stereocenters. The molecule has 0 amide bonds. The van der Waals surface area contributed by atoms with Gasteiger partial charge in [-0.25, -0.2) is 8.42 Å². The standard InChI is InChI=1S/C12H15N3O2S/c1-3-15-9-12(8-13-15)18(16,17)14-11-6-4-5-10(2)7-11/h4-9,14H,3H2,1-2H3. The zero-order valence-corrected chi connectivity index (χ0v) is 11.1. The third-order valence-corrected chi connectivity index (χ3v) is 3.85. The maximum atomic E-state index is 12.1. The number of nitrogens with zero attached hydrogens (tertiary/aromatic N) is 2. The minimum atomic E-state index is -3.55. The number of sulfonamides is 1. The van der Waals surface area contributed by atoms with Crippen LogP contribution in [-0.2, 0) is 16.6 Å². The highest BCUT2D eigenvalue weighted by molar-refractivity contribution is 7.92. The molecule has 0 bridgehead atoms. The Morgan fingerprint density at radius 1 is 1.39 bits per heavy atom. The van der Waals surface area contributed by atoms with E-state index in [1.54, 1.807) is 16.8 Å². The molecule has 0 saturated heterocycles. The van der Waals surface area contributed by atoms with Gasteiger partial charge in [0.05, 0.1) is 6.20 Å². The van der Waals surface area contributed by atoms with Gasteiger partial charge in [0.25, 0.3) is 10.0 Å². The van der Waals surface area contributed by atoms with Crippen molar-refractivity contribution in [1.82, 2.24) is 9.78 Å². The van der Waals surface area contributed by atoms with Crippen LogP contribution in [0.25, 0.3) is 0 Å². The fourth-order valence-electron chi connectivity index (χ4n) is 1.58. The second-order valence-corrected chi connectivity index (χ2v) is 5.69. The molecule has 0 atom stereocenters. The second kappa shape index (κ2) is 4.81. The van der Waals surface area contributed by atoms with Crippen molar-refractivity contribution >= 4 is 15.7 Å². The van der Waals surface area contributed by atoms with Crippen LogP contribution >= 0.6 is 0 Å². The Kier molecular flexibility index (Phi) is 3.38. The summed E-state index contributed by atoms with van der Waals surface area (Å²) in [5.74, 6) is 0. The molecule has 1 aromatic heterocycles. The molecule has 2 aromatic rings. The van der Waals surface area contributed by atoms with E-state index in [1.807, 2.05) is 26.0 Å². The SMILES string of the molecule is CCn1cc(S(=O)(=O)Nc2cccc(C)c2)cn1. The number of benzene rings is 1. The van der Waals surface area contributed by atoms with Crippen molar-refractivity contribution in [3.05, 3.63) is 42.2 Å². The molecule has 0 saturated carbocycles. The fourth-order valence-corrected chi connectivity index (χ4v) is 2.58. The van der Waals surface area contributed by atoms with Gasteiger partial charge in [-0.3, -0.25) is 9.40 Å². The van der Waals surface area contributed by atoms with Gasteiger partial charge >= 0.3 is 0 Å². The van der Waals surface area contributed by atoms with E-state index in [2.05, 4.69) is 9.82 Å². The van der Waals surface area contributed by atoms with Gasteiger partial charge in [-0.2, -0.15) is 5.10 Å². The molecule has 0 spiro atoms. The van der Waals surface area contributed by atoms with Crippen molar-refractivity contribution in [3.63, 3.8) is 0 Å². The maximum Gasteiger partial charge on any atom is 0.265 e. The molecule has 2 rings (SSSR count). The van der Waals surface area contributed by atoms with Crippen molar-refractivity contribution in [2.45, 2.75) is 25.3 Å². The van der Waals surface area contributed by atoms with E-state index in [-0.39, 0.29) is 4.90 Å². The first kappa shape index (κ1) is 12.6. The molecular formula is C12H15N3O2S. The normalized spacial score (nSPS) is 11.4.